The minimum atomic E-state index is 0.147. The van der Waals surface area contributed by atoms with Gasteiger partial charge in [-0.05, 0) is 26.7 Å². The van der Waals surface area contributed by atoms with Crippen molar-refractivity contribution >= 4 is 44.4 Å². The Bertz CT molecular complexity index is 305. The Morgan fingerprint density at radius 1 is 1.28 bits per heavy atom. The van der Waals surface area contributed by atoms with E-state index in [1.54, 1.807) is 13.8 Å². The molecule has 5 heteroatoms. The molecule has 0 amide bonds. The maximum atomic E-state index is 11.2. The van der Waals surface area contributed by atoms with Crippen LogP contribution in [0.5, 0.6) is 0 Å². The molecule has 0 aromatic heterocycles. The van der Waals surface area contributed by atoms with Gasteiger partial charge in [0, 0.05) is 29.3 Å². The highest BCUT2D eigenvalue weighted by Gasteiger charge is 2.30. The largest absolute Gasteiger partial charge is 0.300 e. The van der Waals surface area contributed by atoms with Crippen LogP contribution in [0.15, 0.2) is 0 Å². The van der Waals surface area contributed by atoms with Gasteiger partial charge in [-0.25, -0.2) is 0 Å². The van der Waals surface area contributed by atoms with Gasteiger partial charge in [0.15, 0.2) is 5.12 Å². The summed E-state index contributed by atoms with van der Waals surface area (Å²) in [7, 11) is 0. The minimum absolute atomic E-state index is 0.147. The third-order valence-corrected chi connectivity index (χ3v) is 4.12. The van der Waals surface area contributed by atoms with Gasteiger partial charge in [0.05, 0.1) is 0 Å². The first-order valence-corrected chi connectivity index (χ1v) is 8.12. The number of alkyl halides is 1. The molecule has 0 radical (unpaired) electrons. The molecule has 1 aliphatic heterocycles. The second kappa shape index (κ2) is 9.73. The summed E-state index contributed by atoms with van der Waals surface area (Å²) in [6, 6.07) is 0. The van der Waals surface area contributed by atoms with Crippen molar-refractivity contribution in [1.82, 2.24) is 0 Å². The Labute approximate surface area is 122 Å². The first kappa shape index (κ1) is 17.8. The Balaban J connectivity index is 0.000000411. The molecule has 0 N–H and O–H groups in total. The molecule has 0 aliphatic carbocycles. The molecule has 18 heavy (non-hydrogen) atoms. The second-order valence-electron chi connectivity index (χ2n) is 4.56. The Morgan fingerprint density at radius 2 is 1.83 bits per heavy atom. The molecule has 0 aromatic rings. The Hall–Kier alpha value is -0.160. The topological polar surface area (TPSA) is 51.2 Å². The molecule has 2 unspecified atom stereocenters. The van der Waals surface area contributed by atoms with Crippen molar-refractivity contribution in [1.29, 1.82) is 0 Å². The van der Waals surface area contributed by atoms with Crippen molar-refractivity contribution in [3.63, 3.8) is 0 Å². The van der Waals surface area contributed by atoms with Crippen LogP contribution >= 0.6 is 27.7 Å². The number of Topliss-reactive ketones (excluding diaryl/α,β-unsaturated/α-hetero) is 2. The SMILES string of the molecule is CC(=O)CCBr.CC(=O)CCC1CC(C)SC1=O. The number of thioether (sulfide) groups is 1. The highest BCUT2D eigenvalue weighted by Crippen LogP contribution is 2.35. The molecule has 1 heterocycles. The zero-order chi connectivity index (χ0) is 14.1. The lowest BCUT2D eigenvalue weighted by molar-refractivity contribution is -0.118. The standard InChI is InChI=1S/C9H14O2S.C4H7BrO/c1-6(10)3-4-8-5-7(2)12-9(8)11;1-4(6)2-3-5/h7-8H,3-5H2,1-2H3;2-3H2,1H3. The summed E-state index contributed by atoms with van der Waals surface area (Å²) in [4.78, 5) is 31.9. The van der Waals surface area contributed by atoms with E-state index < -0.39 is 0 Å². The third kappa shape index (κ3) is 8.86. The van der Waals surface area contributed by atoms with Gasteiger partial charge in [-0.3, -0.25) is 9.59 Å². The van der Waals surface area contributed by atoms with Crippen molar-refractivity contribution < 1.29 is 14.4 Å². The summed E-state index contributed by atoms with van der Waals surface area (Å²) in [5, 5.41) is 1.53. The van der Waals surface area contributed by atoms with Crippen LogP contribution in [-0.4, -0.2) is 27.3 Å². The number of carbonyl (C=O) groups is 3. The first-order valence-electron chi connectivity index (χ1n) is 6.12. The molecular formula is C13H21BrO3S. The van der Waals surface area contributed by atoms with Crippen molar-refractivity contribution in [3.05, 3.63) is 0 Å². The number of ketones is 2. The lowest BCUT2D eigenvalue weighted by Crippen LogP contribution is -2.06. The quantitative estimate of drug-likeness (QED) is 0.722. The maximum absolute atomic E-state index is 11.2. The van der Waals surface area contributed by atoms with E-state index in [0.717, 1.165) is 18.2 Å². The maximum Gasteiger partial charge on any atom is 0.192 e. The molecule has 3 nitrogen and oxygen atoms in total. The summed E-state index contributed by atoms with van der Waals surface area (Å²) in [5.41, 5.74) is 0. The molecule has 1 rings (SSSR count). The van der Waals surface area contributed by atoms with Crippen LogP contribution in [0, 0.1) is 5.92 Å². The van der Waals surface area contributed by atoms with E-state index in [4.69, 9.17) is 0 Å². The second-order valence-corrected chi connectivity index (χ2v) is 6.80. The zero-order valence-electron chi connectivity index (χ0n) is 11.2. The lowest BCUT2D eigenvalue weighted by Gasteiger charge is -2.03. The highest BCUT2D eigenvalue weighted by molar-refractivity contribution is 9.09. The number of hydrogen-bond acceptors (Lipinski definition) is 4. The predicted molar refractivity (Wildman–Crippen MR) is 79.2 cm³/mol. The van der Waals surface area contributed by atoms with Gasteiger partial charge in [0.2, 0.25) is 0 Å². The molecule has 0 spiro atoms. The fourth-order valence-corrected chi connectivity index (χ4v) is 3.28. The smallest absolute Gasteiger partial charge is 0.192 e. The number of rotatable bonds is 5. The summed E-state index contributed by atoms with van der Waals surface area (Å²) in [6.45, 7) is 5.23. The molecule has 104 valence electrons. The minimum Gasteiger partial charge on any atom is -0.300 e. The summed E-state index contributed by atoms with van der Waals surface area (Å²) < 4.78 is 0. The fraction of sp³-hybridized carbons (Fsp3) is 0.769. The van der Waals surface area contributed by atoms with Crippen molar-refractivity contribution in [2.75, 3.05) is 5.33 Å². The van der Waals surface area contributed by atoms with Crippen LogP contribution in [0.1, 0.15) is 46.5 Å². The van der Waals surface area contributed by atoms with E-state index in [0.29, 0.717) is 18.1 Å². The molecule has 1 aliphatic rings. The zero-order valence-corrected chi connectivity index (χ0v) is 13.6. The number of hydrogen-bond donors (Lipinski definition) is 0. The van der Waals surface area contributed by atoms with Gasteiger partial charge in [0.25, 0.3) is 0 Å². The fourth-order valence-electron chi connectivity index (χ4n) is 1.59. The Morgan fingerprint density at radius 3 is 2.11 bits per heavy atom. The van der Waals surface area contributed by atoms with E-state index in [9.17, 15) is 14.4 Å². The number of halogens is 1. The normalized spacial score (nSPS) is 22.3. The van der Waals surface area contributed by atoms with Gasteiger partial charge in [-0.2, -0.15) is 0 Å². The Kier molecular flexibility index (Phi) is 9.64. The summed E-state index contributed by atoms with van der Waals surface area (Å²) in [6.07, 6.45) is 2.92. The molecule has 0 bridgehead atoms. The van der Waals surface area contributed by atoms with Gasteiger partial charge in [0.1, 0.15) is 11.6 Å². The molecule has 0 aromatic carbocycles. The monoisotopic (exact) mass is 336 g/mol. The van der Waals surface area contributed by atoms with Crippen molar-refractivity contribution in [2.24, 2.45) is 5.92 Å². The van der Waals surface area contributed by atoms with Crippen LogP contribution in [0.25, 0.3) is 0 Å². The van der Waals surface area contributed by atoms with Crippen LogP contribution in [0.4, 0.5) is 0 Å². The van der Waals surface area contributed by atoms with Gasteiger partial charge >= 0.3 is 0 Å². The summed E-state index contributed by atoms with van der Waals surface area (Å²) >= 11 is 4.56. The average molecular weight is 337 g/mol. The van der Waals surface area contributed by atoms with Crippen molar-refractivity contribution in [2.45, 2.75) is 51.7 Å². The van der Waals surface area contributed by atoms with Gasteiger partial charge in [-0.1, -0.05) is 34.6 Å². The third-order valence-electron chi connectivity index (χ3n) is 2.56. The van der Waals surface area contributed by atoms with Crippen LogP contribution in [-0.2, 0) is 14.4 Å². The molecular weight excluding hydrogens is 316 g/mol. The first-order chi connectivity index (χ1) is 8.36. The summed E-state index contributed by atoms with van der Waals surface area (Å²) in [5.74, 6) is 0.577. The van der Waals surface area contributed by atoms with E-state index in [2.05, 4.69) is 22.9 Å². The molecule has 1 fully saturated rings. The van der Waals surface area contributed by atoms with Crippen LogP contribution in [0.2, 0.25) is 0 Å². The predicted octanol–water partition coefficient (Wildman–Crippen LogP) is 3.38. The van der Waals surface area contributed by atoms with Crippen LogP contribution < -0.4 is 0 Å². The molecule has 2 atom stereocenters. The van der Waals surface area contributed by atoms with Crippen molar-refractivity contribution in [3.8, 4) is 0 Å². The molecule has 0 saturated carbocycles. The van der Waals surface area contributed by atoms with E-state index in [1.165, 1.54) is 11.8 Å². The molecule has 1 saturated heterocycles. The number of carbonyl (C=O) groups excluding carboxylic acids is 3. The van der Waals surface area contributed by atoms with E-state index in [1.807, 2.05) is 0 Å². The van der Waals surface area contributed by atoms with E-state index in [-0.39, 0.29) is 22.6 Å². The lowest BCUT2D eigenvalue weighted by atomic mass is 9.99. The van der Waals surface area contributed by atoms with Gasteiger partial charge in [-0.15, -0.1) is 0 Å². The van der Waals surface area contributed by atoms with E-state index >= 15 is 0 Å². The van der Waals surface area contributed by atoms with Gasteiger partial charge < -0.3 is 4.79 Å². The average Bonchev–Trinajstić information content (AvgIpc) is 2.55. The highest BCUT2D eigenvalue weighted by atomic mass is 79.9. The van der Waals surface area contributed by atoms with Crippen LogP contribution in [0.3, 0.4) is 0 Å².